The molecular weight excluding hydrogens is 440 g/mol. The number of rotatable bonds is 13. The Morgan fingerprint density at radius 3 is 2.06 bits per heavy atom. The monoisotopic (exact) mass is 468 g/mol. The number of aliphatic hydroxyl groups excluding tert-OH is 1. The summed E-state index contributed by atoms with van der Waals surface area (Å²) in [6.45, 7) is 0.437. The SMILES string of the molecule is CC(O)C(NC(=O)C(CCC(=O)O)NC(=O)C(N)Cc1ccc(O)cc1)C(=O)NCC(=O)O. The van der Waals surface area contributed by atoms with E-state index in [4.69, 9.17) is 15.9 Å². The number of benzene rings is 1. The molecule has 4 atom stereocenters. The van der Waals surface area contributed by atoms with Crippen molar-refractivity contribution in [2.45, 2.75) is 50.4 Å². The van der Waals surface area contributed by atoms with Crippen molar-refractivity contribution < 1.29 is 44.4 Å². The van der Waals surface area contributed by atoms with Crippen LogP contribution in [-0.4, -0.2) is 80.9 Å². The number of carbonyl (C=O) groups excluding carboxylic acids is 3. The van der Waals surface area contributed by atoms with Gasteiger partial charge in [0, 0.05) is 6.42 Å². The molecule has 1 rings (SSSR count). The summed E-state index contributed by atoms with van der Waals surface area (Å²) in [4.78, 5) is 58.8. The van der Waals surface area contributed by atoms with Gasteiger partial charge in [-0.1, -0.05) is 12.1 Å². The first-order chi connectivity index (χ1) is 15.4. The van der Waals surface area contributed by atoms with Gasteiger partial charge in [0.2, 0.25) is 17.7 Å². The van der Waals surface area contributed by atoms with Crippen LogP contribution in [0.25, 0.3) is 0 Å². The van der Waals surface area contributed by atoms with Gasteiger partial charge < -0.3 is 42.1 Å². The summed E-state index contributed by atoms with van der Waals surface area (Å²) >= 11 is 0. The highest BCUT2D eigenvalue weighted by molar-refractivity contribution is 5.94. The normalized spacial score (nSPS) is 14.3. The van der Waals surface area contributed by atoms with Gasteiger partial charge in [-0.25, -0.2) is 0 Å². The van der Waals surface area contributed by atoms with E-state index in [1.165, 1.54) is 19.1 Å². The average molecular weight is 468 g/mol. The summed E-state index contributed by atoms with van der Waals surface area (Å²) in [5.74, 6) is -5.25. The lowest BCUT2D eigenvalue weighted by molar-refractivity contribution is -0.139. The predicted molar refractivity (Wildman–Crippen MR) is 113 cm³/mol. The first kappa shape index (κ1) is 27.3. The molecule has 0 aliphatic heterocycles. The molecule has 0 radical (unpaired) electrons. The Balaban J connectivity index is 2.88. The second-order valence-corrected chi connectivity index (χ2v) is 7.31. The molecule has 13 heteroatoms. The van der Waals surface area contributed by atoms with E-state index < -0.39 is 66.9 Å². The first-order valence-electron chi connectivity index (χ1n) is 9.94. The average Bonchev–Trinajstić information content (AvgIpc) is 2.73. The zero-order chi connectivity index (χ0) is 25.1. The minimum absolute atomic E-state index is 0.0298. The molecule has 182 valence electrons. The van der Waals surface area contributed by atoms with Crippen LogP contribution in [0, 0.1) is 0 Å². The quantitative estimate of drug-likeness (QED) is 0.154. The molecule has 0 aliphatic rings. The van der Waals surface area contributed by atoms with Gasteiger partial charge in [0.05, 0.1) is 12.1 Å². The van der Waals surface area contributed by atoms with Crippen LogP contribution in [0.2, 0.25) is 0 Å². The number of aliphatic hydroxyl groups is 1. The molecule has 13 nitrogen and oxygen atoms in total. The highest BCUT2D eigenvalue weighted by Crippen LogP contribution is 2.11. The topological polar surface area (TPSA) is 228 Å². The summed E-state index contributed by atoms with van der Waals surface area (Å²) in [6.07, 6.45) is -2.18. The Morgan fingerprint density at radius 2 is 1.55 bits per heavy atom. The number of hydrogen-bond acceptors (Lipinski definition) is 8. The molecule has 1 aromatic carbocycles. The van der Waals surface area contributed by atoms with Gasteiger partial charge in [0.15, 0.2) is 0 Å². The molecule has 9 N–H and O–H groups in total. The largest absolute Gasteiger partial charge is 0.508 e. The van der Waals surface area contributed by atoms with Crippen LogP contribution < -0.4 is 21.7 Å². The molecule has 0 saturated heterocycles. The Labute approximate surface area is 189 Å². The summed E-state index contributed by atoms with van der Waals surface area (Å²) in [5.41, 5.74) is 6.51. The maximum atomic E-state index is 12.7. The van der Waals surface area contributed by atoms with Gasteiger partial charge in [0.1, 0.15) is 24.4 Å². The van der Waals surface area contributed by atoms with Crippen molar-refractivity contribution in [3.05, 3.63) is 29.8 Å². The Morgan fingerprint density at radius 1 is 0.939 bits per heavy atom. The van der Waals surface area contributed by atoms with Crippen LogP contribution in [0.4, 0.5) is 0 Å². The standard InChI is InChI=1S/C20H28N4O9/c1-10(25)17(20(33)22-9-16(29)30)24-19(32)14(6-7-15(27)28)23-18(31)13(21)8-11-2-4-12(26)5-3-11/h2-5,10,13-14,17,25-26H,6-9,21H2,1H3,(H,22,33)(H,23,31)(H,24,32)(H,27,28)(H,29,30). The molecule has 0 aromatic heterocycles. The lowest BCUT2D eigenvalue weighted by atomic mass is 10.0. The van der Waals surface area contributed by atoms with Gasteiger partial charge in [-0.3, -0.25) is 24.0 Å². The van der Waals surface area contributed by atoms with E-state index in [2.05, 4.69) is 10.6 Å². The lowest BCUT2D eigenvalue weighted by Crippen LogP contribution is -2.58. The Bertz CT molecular complexity index is 858. The van der Waals surface area contributed by atoms with Crippen LogP contribution in [0.15, 0.2) is 24.3 Å². The molecule has 0 spiro atoms. The molecular formula is C20H28N4O9. The van der Waals surface area contributed by atoms with Gasteiger partial charge in [-0.05, 0) is 37.5 Å². The van der Waals surface area contributed by atoms with E-state index in [9.17, 15) is 34.2 Å². The number of aromatic hydroxyl groups is 1. The molecule has 0 aliphatic carbocycles. The van der Waals surface area contributed by atoms with E-state index in [0.717, 1.165) is 0 Å². The third-order valence-corrected chi connectivity index (χ3v) is 4.49. The fourth-order valence-corrected chi connectivity index (χ4v) is 2.73. The van der Waals surface area contributed by atoms with Gasteiger partial charge in [-0.15, -0.1) is 0 Å². The van der Waals surface area contributed by atoms with Crippen molar-refractivity contribution in [2.24, 2.45) is 5.73 Å². The van der Waals surface area contributed by atoms with Crippen molar-refractivity contribution in [3.8, 4) is 5.75 Å². The molecule has 4 unspecified atom stereocenters. The lowest BCUT2D eigenvalue weighted by Gasteiger charge is -2.25. The molecule has 1 aromatic rings. The summed E-state index contributed by atoms with van der Waals surface area (Å²) in [7, 11) is 0. The van der Waals surface area contributed by atoms with Crippen molar-refractivity contribution >= 4 is 29.7 Å². The highest BCUT2D eigenvalue weighted by atomic mass is 16.4. The van der Waals surface area contributed by atoms with Gasteiger partial charge in [0.25, 0.3) is 0 Å². The Kier molecular flexibility index (Phi) is 10.7. The number of hydrogen-bond donors (Lipinski definition) is 8. The highest BCUT2D eigenvalue weighted by Gasteiger charge is 2.31. The van der Waals surface area contributed by atoms with Gasteiger partial charge in [-0.2, -0.15) is 0 Å². The summed E-state index contributed by atoms with van der Waals surface area (Å²) in [6, 6.07) is 1.88. The molecule has 3 amide bonds. The number of carboxylic acid groups (broad SMARTS) is 2. The van der Waals surface area contributed by atoms with E-state index in [-0.39, 0.29) is 18.6 Å². The second-order valence-electron chi connectivity index (χ2n) is 7.31. The van der Waals surface area contributed by atoms with Crippen molar-refractivity contribution in [1.29, 1.82) is 0 Å². The zero-order valence-corrected chi connectivity index (χ0v) is 17.9. The number of carboxylic acids is 2. The zero-order valence-electron chi connectivity index (χ0n) is 17.9. The van der Waals surface area contributed by atoms with E-state index in [1.54, 1.807) is 12.1 Å². The number of phenolic OH excluding ortho intramolecular Hbond substituents is 1. The minimum Gasteiger partial charge on any atom is -0.508 e. The van der Waals surface area contributed by atoms with Crippen LogP contribution in [0.3, 0.4) is 0 Å². The van der Waals surface area contributed by atoms with Crippen LogP contribution in [-0.2, 0) is 30.4 Å². The number of nitrogens with two attached hydrogens (primary N) is 1. The minimum atomic E-state index is -1.55. The molecule has 33 heavy (non-hydrogen) atoms. The molecule has 0 bridgehead atoms. The number of aliphatic carboxylic acids is 2. The fraction of sp³-hybridized carbons (Fsp3) is 0.450. The van der Waals surface area contributed by atoms with Crippen molar-refractivity contribution in [2.75, 3.05) is 6.54 Å². The summed E-state index contributed by atoms with van der Waals surface area (Å²) in [5, 5.41) is 43.3. The maximum Gasteiger partial charge on any atom is 0.322 e. The van der Waals surface area contributed by atoms with Crippen LogP contribution in [0.5, 0.6) is 5.75 Å². The van der Waals surface area contributed by atoms with E-state index >= 15 is 0 Å². The summed E-state index contributed by atoms with van der Waals surface area (Å²) < 4.78 is 0. The van der Waals surface area contributed by atoms with Gasteiger partial charge >= 0.3 is 11.9 Å². The Hall–Kier alpha value is -3.71. The second kappa shape index (κ2) is 13.0. The third kappa shape index (κ3) is 9.97. The third-order valence-electron chi connectivity index (χ3n) is 4.49. The van der Waals surface area contributed by atoms with Crippen LogP contribution in [0.1, 0.15) is 25.3 Å². The van der Waals surface area contributed by atoms with E-state index in [0.29, 0.717) is 5.56 Å². The maximum absolute atomic E-state index is 12.7. The predicted octanol–water partition coefficient (Wildman–Crippen LogP) is -2.32. The molecule has 0 fully saturated rings. The first-order valence-corrected chi connectivity index (χ1v) is 9.94. The van der Waals surface area contributed by atoms with Crippen LogP contribution >= 0.6 is 0 Å². The number of phenols is 1. The number of amides is 3. The molecule has 0 saturated carbocycles. The van der Waals surface area contributed by atoms with Crippen molar-refractivity contribution in [1.82, 2.24) is 16.0 Å². The smallest absolute Gasteiger partial charge is 0.322 e. The molecule has 0 heterocycles. The van der Waals surface area contributed by atoms with E-state index in [1.807, 2.05) is 5.32 Å². The number of nitrogens with one attached hydrogen (secondary N) is 3. The fourth-order valence-electron chi connectivity index (χ4n) is 2.73. The number of carbonyl (C=O) groups is 5. The van der Waals surface area contributed by atoms with Crippen molar-refractivity contribution in [3.63, 3.8) is 0 Å².